The number of esters is 1. The second kappa shape index (κ2) is 9.82. The number of hydrogen-bond acceptors (Lipinski definition) is 4. The van der Waals surface area contributed by atoms with E-state index in [-0.39, 0.29) is 18.0 Å². The topological polar surface area (TPSA) is 112 Å². The minimum atomic E-state index is -0.463. The minimum Gasteiger partial charge on any atom is -0.459 e. The maximum absolute atomic E-state index is 12.7. The zero-order chi connectivity index (χ0) is 23.3. The van der Waals surface area contributed by atoms with Crippen LogP contribution in [-0.2, 0) is 4.74 Å². The predicted octanol–water partition coefficient (Wildman–Crippen LogP) is 5.09. The van der Waals surface area contributed by atoms with Crippen molar-refractivity contribution in [3.8, 4) is 0 Å². The Morgan fingerprint density at radius 3 is 1.91 bits per heavy atom. The highest BCUT2D eigenvalue weighted by Gasteiger charge is 2.23. The van der Waals surface area contributed by atoms with Crippen LogP contribution in [0.2, 0.25) is 0 Å². The number of aryl methyl sites for hydroxylation is 1. The van der Waals surface area contributed by atoms with Gasteiger partial charge in [0.05, 0.1) is 11.7 Å². The maximum atomic E-state index is 12.7. The molecule has 1 aromatic heterocycles. The first-order chi connectivity index (χ1) is 15.2. The van der Waals surface area contributed by atoms with Crippen molar-refractivity contribution in [1.29, 1.82) is 0 Å². The fourth-order valence-corrected chi connectivity index (χ4v) is 3.20. The summed E-state index contributed by atoms with van der Waals surface area (Å²) >= 11 is 0. The van der Waals surface area contributed by atoms with Crippen LogP contribution in [-0.4, -0.2) is 29.0 Å². The number of aromatic amines is 1. The number of carbonyl (C=O) groups excluding carboxylic acids is 3. The van der Waals surface area contributed by atoms with Crippen LogP contribution in [0, 0.1) is 13.8 Å². The van der Waals surface area contributed by atoms with Crippen molar-refractivity contribution in [2.75, 3.05) is 16.0 Å². The van der Waals surface area contributed by atoms with Gasteiger partial charge in [-0.25, -0.2) is 9.59 Å². The fourth-order valence-electron chi connectivity index (χ4n) is 3.20. The fraction of sp³-hybridized carbons (Fsp3) is 0.208. The van der Waals surface area contributed by atoms with Crippen LogP contribution in [0.4, 0.5) is 21.9 Å². The van der Waals surface area contributed by atoms with Gasteiger partial charge < -0.3 is 25.7 Å². The number of H-pyrrole nitrogens is 1. The Morgan fingerprint density at radius 1 is 0.812 bits per heavy atom. The summed E-state index contributed by atoms with van der Waals surface area (Å²) in [5, 5.41) is 8.25. The quantitative estimate of drug-likeness (QED) is 0.405. The molecule has 0 aliphatic heterocycles. The zero-order valence-electron chi connectivity index (χ0n) is 18.4. The molecule has 0 aliphatic carbocycles. The summed E-state index contributed by atoms with van der Waals surface area (Å²) in [7, 11) is 0. The zero-order valence-corrected chi connectivity index (χ0v) is 18.4. The van der Waals surface area contributed by atoms with Gasteiger partial charge in [-0.1, -0.05) is 18.2 Å². The van der Waals surface area contributed by atoms with Gasteiger partial charge in [-0.05, 0) is 69.7 Å². The monoisotopic (exact) mass is 434 g/mol. The molecule has 0 saturated carbocycles. The first kappa shape index (κ1) is 22.6. The highest BCUT2D eigenvalue weighted by Crippen LogP contribution is 2.21. The number of amides is 3. The second-order valence-electron chi connectivity index (χ2n) is 7.56. The Kier molecular flexibility index (Phi) is 6.94. The van der Waals surface area contributed by atoms with Crippen molar-refractivity contribution in [3.05, 3.63) is 77.1 Å². The molecule has 8 nitrogen and oxygen atoms in total. The van der Waals surface area contributed by atoms with E-state index < -0.39 is 5.97 Å². The van der Waals surface area contributed by atoms with Crippen LogP contribution in [0.25, 0.3) is 0 Å². The molecular weight excluding hydrogens is 408 g/mol. The van der Waals surface area contributed by atoms with E-state index in [9.17, 15) is 14.4 Å². The van der Waals surface area contributed by atoms with E-state index in [0.29, 0.717) is 39.6 Å². The third-order valence-corrected chi connectivity index (χ3v) is 4.64. The van der Waals surface area contributed by atoms with E-state index in [0.717, 1.165) is 0 Å². The van der Waals surface area contributed by atoms with Crippen molar-refractivity contribution < 1.29 is 19.1 Å². The van der Waals surface area contributed by atoms with Crippen molar-refractivity contribution >= 4 is 35.0 Å². The average Bonchev–Trinajstić information content (AvgIpc) is 3.04. The first-order valence-corrected chi connectivity index (χ1v) is 10.2. The average molecular weight is 434 g/mol. The van der Waals surface area contributed by atoms with Gasteiger partial charge in [0.15, 0.2) is 0 Å². The van der Waals surface area contributed by atoms with E-state index in [1.807, 2.05) is 18.2 Å². The molecule has 0 atom stereocenters. The summed E-state index contributed by atoms with van der Waals surface area (Å²) < 4.78 is 5.26. The third-order valence-electron chi connectivity index (χ3n) is 4.64. The summed E-state index contributed by atoms with van der Waals surface area (Å²) in [6.45, 7) is 6.97. The van der Waals surface area contributed by atoms with Gasteiger partial charge in [-0.3, -0.25) is 4.79 Å². The Balaban J connectivity index is 1.64. The number of carbonyl (C=O) groups is 3. The van der Waals surface area contributed by atoms with E-state index in [1.54, 1.807) is 64.1 Å². The van der Waals surface area contributed by atoms with E-state index in [1.165, 1.54) is 0 Å². The van der Waals surface area contributed by atoms with Crippen LogP contribution in [0.3, 0.4) is 0 Å². The number of aromatic nitrogens is 1. The molecular formula is C24H26N4O4. The summed E-state index contributed by atoms with van der Waals surface area (Å²) in [5.41, 5.74) is 3.56. The maximum Gasteiger partial charge on any atom is 0.340 e. The number of hydrogen-bond donors (Lipinski definition) is 4. The largest absolute Gasteiger partial charge is 0.459 e. The molecule has 3 aromatic rings. The first-order valence-electron chi connectivity index (χ1n) is 10.2. The lowest BCUT2D eigenvalue weighted by atomic mass is 10.1. The molecule has 0 spiro atoms. The van der Waals surface area contributed by atoms with Crippen LogP contribution >= 0.6 is 0 Å². The minimum absolute atomic E-state index is 0.254. The van der Waals surface area contributed by atoms with Crippen molar-refractivity contribution in [2.45, 2.75) is 33.8 Å². The smallest absolute Gasteiger partial charge is 0.340 e. The predicted molar refractivity (Wildman–Crippen MR) is 124 cm³/mol. The lowest BCUT2D eigenvalue weighted by Crippen LogP contribution is -2.19. The molecule has 0 saturated heterocycles. The van der Waals surface area contributed by atoms with Crippen LogP contribution in [0.5, 0.6) is 0 Å². The summed E-state index contributed by atoms with van der Waals surface area (Å²) in [6, 6.07) is 15.4. The molecule has 0 fully saturated rings. The highest BCUT2D eigenvalue weighted by atomic mass is 16.5. The molecule has 166 valence electrons. The summed E-state index contributed by atoms with van der Waals surface area (Å²) in [6.07, 6.45) is -0.254. The van der Waals surface area contributed by atoms with Crippen LogP contribution in [0.1, 0.15) is 46.0 Å². The molecule has 1 heterocycles. The molecule has 0 radical (unpaired) electrons. The van der Waals surface area contributed by atoms with Gasteiger partial charge in [-0.2, -0.15) is 0 Å². The van der Waals surface area contributed by atoms with Crippen molar-refractivity contribution in [1.82, 2.24) is 4.98 Å². The van der Waals surface area contributed by atoms with E-state index in [4.69, 9.17) is 4.74 Å². The number of urea groups is 1. The molecule has 8 heteroatoms. The van der Waals surface area contributed by atoms with Gasteiger partial charge in [-0.15, -0.1) is 0 Å². The molecule has 0 bridgehead atoms. The number of para-hydroxylation sites is 1. The summed E-state index contributed by atoms with van der Waals surface area (Å²) in [4.78, 5) is 40.1. The van der Waals surface area contributed by atoms with Crippen LogP contribution < -0.4 is 16.0 Å². The Hall–Kier alpha value is -4.07. The molecule has 0 aliphatic rings. The number of rotatable bonds is 6. The normalized spacial score (nSPS) is 10.5. The van der Waals surface area contributed by atoms with Gasteiger partial charge >= 0.3 is 12.0 Å². The molecule has 3 amide bonds. The Morgan fingerprint density at radius 2 is 1.34 bits per heavy atom. The van der Waals surface area contributed by atoms with Crippen molar-refractivity contribution in [2.24, 2.45) is 0 Å². The number of nitrogens with one attached hydrogen (secondary N) is 4. The van der Waals surface area contributed by atoms with Crippen molar-refractivity contribution in [3.63, 3.8) is 0 Å². The molecule has 2 aromatic carbocycles. The highest BCUT2D eigenvalue weighted by molar-refractivity contribution is 6.07. The molecule has 3 rings (SSSR count). The molecule has 4 N–H and O–H groups in total. The van der Waals surface area contributed by atoms with E-state index in [2.05, 4.69) is 20.9 Å². The Labute approximate surface area is 186 Å². The van der Waals surface area contributed by atoms with Gasteiger partial charge in [0.25, 0.3) is 5.91 Å². The summed E-state index contributed by atoms with van der Waals surface area (Å²) in [5.74, 6) is -0.841. The van der Waals surface area contributed by atoms with Gasteiger partial charge in [0.2, 0.25) is 0 Å². The lowest BCUT2D eigenvalue weighted by Gasteiger charge is -2.09. The molecule has 0 unspecified atom stereocenters. The third kappa shape index (κ3) is 5.54. The standard InChI is InChI=1S/C24H26N4O4/c1-14(2)32-23(30)20-15(3)21(25-16(20)4)22(29)26-18-10-12-19(13-11-18)28-24(31)27-17-8-6-5-7-9-17/h5-14,25H,1-4H3,(H,26,29)(H2,27,28,31). The SMILES string of the molecule is Cc1[nH]c(C(=O)Nc2ccc(NC(=O)Nc3ccccc3)cc2)c(C)c1C(=O)OC(C)C. The van der Waals surface area contributed by atoms with Crippen LogP contribution in [0.15, 0.2) is 54.6 Å². The van der Waals surface area contributed by atoms with E-state index >= 15 is 0 Å². The van der Waals surface area contributed by atoms with Gasteiger partial charge in [0, 0.05) is 22.8 Å². The Bertz CT molecular complexity index is 1120. The number of anilines is 3. The lowest BCUT2D eigenvalue weighted by molar-refractivity contribution is 0.0376. The number of ether oxygens (including phenoxy) is 1. The van der Waals surface area contributed by atoms with Gasteiger partial charge in [0.1, 0.15) is 5.69 Å². The number of benzene rings is 2. The molecule has 32 heavy (non-hydrogen) atoms. The second-order valence-corrected chi connectivity index (χ2v) is 7.56.